The zero-order chi connectivity index (χ0) is 10.7. The van der Waals surface area contributed by atoms with Crippen LogP contribution in [0.1, 0.15) is 11.6 Å². The van der Waals surface area contributed by atoms with Crippen molar-refractivity contribution in [3.63, 3.8) is 0 Å². The maximum absolute atomic E-state index is 9.19. The van der Waals surface area contributed by atoms with Gasteiger partial charge >= 0.3 is 0 Å². The van der Waals surface area contributed by atoms with E-state index in [0.717, 1.165) is 16.5 Å². The quantitative estimate of drug-likeness (QED) is 0.768. The van der Waals surface area contributed by atoms with Crippen molar-refractivity contribution in [2.45, 2.75) is 5.92 Å². The number of hydrogen-bond acceptors (Lipinski definition) is 4. The Bertz CT molecular complexity index is 449. The minimum absolute atomic E-state index is 0.000806. The van der Waals surface area contributed by atoms with E-state index in [2.05, 4.69) is 10.2 Å². The first-order chi connectivity index (χ1) is 7.36. The Kier molecular flexibility index (Phi) is 2.89. The van der Waals surface area contributed by atoms with E-state index in [1.54, 1.807) is 6.20 Å². The second-order valence-electron chi connectivity index (χ2n) is 3.43. The molecule has 4 nitrogen and oxygen atoms in total. The van der Waals surface area contributed by atoms with E-state index in [-0.39, 0.29) is 12.5 Å². The van der Waals surface area contributed by atoms with Gasteiger partial charge in [0.25, 0.3) is 0 Å². The van der Waals surface area contributed by atoms with Crippen LogP contribution in [0.15, 0.2) is 30.5 Å². The summed E-state index contributed by atoms with van der Waals surface area (Å²) in [5.41, 5.74) is 6.35. The monoisotopic (exact) mass is 203 g/mol. The van der Waals surface area contributed by atoms with Gasteiger partial charge in [-0.25, -0.2) is 0 Å². The van der Waals surface area contributed by atoms with E-state index in [1.807, 2.05) is 24.3 Å². The third kappa shape index (κ3) is 1.82. The molecule has 0 spiro atoms. The Hall–Kier alpha value is -1.52. The van der Waals surface area contributed by atoms with Crippen LogP contribution in [0.3, 0.4) is 0 Å². The van der Waals surface area contributed by atoms with Gasteiger partial charge in [0.2, 0.25) is 0 Å². The number of aliphatic hydroxyl groups is 1. The lowest BCUT2D eigenvalue weighted by Crippen LogP contribution is -2.18. The smallest absolute Gasteiger partial charge is 0.0775 e. The van der Waals surface area contributed by atoms with E-state index < -0.39 is 0 Å². The number of benzene rings is 1. The second-order valence-corrected chi connectivity index (χ2v) is 3.43. The first kappa shape index (κ1) is 10.0. The van der Waals surface area contributed by atoms with Gasteiger partial charge in [0.15, 0.2) is 0 Å². The first-order valence-corrected chi connectivity index (χ1v) is 4.88. The Morgan fingerprint density at radius 2 is 2.13 bits per heavy atom. The topological polar surface area (TPSA) is 72.0 Å². The Balaban J connectivity index is 2.59. The number of aromatic nitrogens is 2. The Labute approximate surface area is 87.7 Å². The molecular weight excluding hydrogens is 190 g/mol. The molecule has 0 fully saturated rings. The van der Waals surface area contributed by atoms with Gasteiger partial charge < -0.3 is 10.8 Å². The van der Waals surface area contributed by atoms with E-state index in [0.29, 0.717) is 6.54 Å². The summed E-state index contributed by atoms with van der Waals surface area (Å²) in [4.78, 5) is 0. The molecule has 2 aromatic rings. The van der Waals surface area contributed by atoms with Crippen molar-refractivity contribution >= 4 is 10.8 Å². The van der Waals surface area contributed by atoms with Crippen LogP contribution < -0.4 is 5.73 Å². The van der Waals surface area contributed by atoms with Gasteiger partial charge in [-0.1, -0.05) is 24.3 Å². The molecule has 0 saturated carbocycles. The van der Waals surface area contributed by atoms with Crippen molar-refractivity contribution in [1.82, 2.24) is 10.2 Å². The molecule has 0 bridgehead atoms. The zero-order valence-corrected chi connectivity index (χ0v) is 8.30. The van der Waals surface area contributed by atoms with Crippen LogP contribution in [-0.4, -0.2) is 28.5 Å². The number of rotatable bonds is 3. The summed E-state index contributed by atoms with van der Waals surface area (Å²) < 4.78 is 0. The average molecular weight is 203 g/mol. The molecule has 15 heavy (non-hydrogen) atoms. The first-order valence-electron chi connectivity index (χ1n) is 4.88. The van der Waals surface area contributed by atoms with Crippen molar-refractivity contribution in [2.75, 3.05) is 13.2 Å². The Morgan fingerprint density at radius 1 is 1.33 bits per heavy atom. The number of nitrogens with zero attached hydrogens (tertiary/aromatic N) is 2. The van der Waals surface area contributed by atoms with Gasteiger partial charge in [0, 0.05) is 23.2 Å². The van der Waals surface area contributed by atoms with Crippen molar-refractivity contribution in [2.24, 2.45) is 5.73 Å². The minimum Gasteiger partial charge on any atom is -0.396 e. The lowest BCUT2D eigenvalue weighted by molar-refractivity contribution is 0.266. The average Bonchev–Trinajstić information content (AvgIpc) is 2.31. The maximum Gasteiger partial charge on any atom is 0.0775 e. The molecule has 4 heteroatoms. The van der Waals surface area contributed by atoms with Gasteiger partial charge in [-0.2, -0.15) is 10.2 Å². The Morgan fingerprint density at radius 3 is 2.87 bits per heavy atom. The van der Waals surface area contributed by atoms with Crippen LogP contribution in [0.5, 0.6) is 0 Å². The fourth-order valence-electron chi connectivity index (χ4n) is 1.62. The fraction of sp³-hybridized carbons (Fsp3) is 0.273. The van der Waals surface area contributed by atoms with Gasteiger partial charge in [-0.05, 0) is 0 Å². The summed E-state index contributed by atoms with van der Waals surface area (Å²) in [5, 5.41) is 19.2. The van der Waals surface area contributed by atoms with Crippen molar-refractivity contribution in [1.29, 1.82) is 0 Å². The summed E-state index contributed by atoms with van der Waals surface area (Å²) in [6.45, 7) is 0.373. The molecule has 1 unspecified atom stereocenters. The maximum atomic E-state index is 9.19. The molecule has 0 aliphatic carbocycles. The third-order valence-corrected chi connectivity index (χ3v) is 2.49. The lowest BCUT2D eigenvalue weighted by atomic mass is 10.0. The van der Waals surface area contributed by atoms with Gasteiger partial charge in [0.1, 0.15) is 0 Å². The molecule has 0 aliphatic heterocycles. The SMILES string of the molecule is NCC(CO)c1nncc2ccccc12. The highest BCUT2D eigenvalue weighted by atomic mass is 16.3. The third-order valence-electron chi connectivity index (χ3n) is 2.49. The molecule has 0 aliphatic rings. The molecule has 0 saturated heterocycles. The highest BCUT2D eigenvalue weighted by Crippen LogP contribution is 2.21. The number of fused-ring (bicyclic) bond motifs is 1. The molecule has 1 atom stereocenters. The van der Waals surface area contributed by atoms with Gasteiger partial charge in [-0.3, -0.25) is 0 Å². The van der Waals surface area contributed by atoms with Gasteiger partial charge in [-0.15, -0.1) is 0 Å². The number of aliphatic hydroxyl groups excluding tert-OH is 1. The minimum atomic E-state index is -0.136. The van der Waals surface area contributed by atoms with Crippen molar-refractivity contribution in [3.05, 3.63) is 36.2 Å². The predicted octanol–water partition coefficient (Wildman–Crippen LogP) is 0.664. The van der Waals surface area contributed by atoms with E-state index in [4.69, 9.17) is 5.73 Å². The molecule has 1 aromatic carbocycles. The van der Waals surface area contributed by atoms with Crippen LogP contribution in [0.2, 0.25) is 0 Å². The van der Waals surface area contributed by atoms with Crippen LogP contribution in [0, 0.1) is 0 Å². The summed E-state index contributed by atoms with van der Waals surface area (Å²) in [6.07, 6.45) is 1.71. The molecular formula is C11H13N3O. The van der Waals surface area contributed by atoms with Crippen molar-refractivity contribution < 1.29 is 5.11 Å². The molecule has 2 rings (SSSR count). The molecule has 1 heterocycles. The highest BCUT2D eigenvalue weighted by Gasteiger charge is 2.13. The second kappa shape index (κ2) is 4.33. The summed E-state index contributed by atoms with van der Waals surface area (Å²) in [5.74, 6) is -0.136. The standard InChI is InChI=1S/C11H13N3O/c12-5-9(7-15)11-10-4-2-1-3-8(10)6-13-14-11/h1-4,6,9,15H,5,7,12H2. The van der Waals surface area contributed by atoms with Crippen LogP contribution in [0.4, 0.5) is 0 Å². The molecule has 78 valence electrons. The summed E-state index contributed by atoms with van der Waals surface area (Å²) in [7, 11) is 0. The van der Waals surface area contributed by atoms with Gasteiger partial charge in [0.05, 0.1) is 18.5 Å². The zero-order valence-electron chi connectivity index (χ0n) is 8.30. The van der Waals surface area contributed by atoms with E-state index in [1.165, 1.54) is 0 Å². The van der Waals surface area contributed by atoms with Crippen LogP contribution in [0.25, 0.3) is 10.8 Å². The molecule has 0 amide bonds. The molecule has 0 radical (unpaired) electrons. The molecule has 1 aromatic heterocycles. The predicted molar refractivity (Wildman–Crippen MR) is 58.4 cm³/mol. The lowest BCUT2D eigenvalue weighted by Gasteiger charge is -2.12. The fourth-order valence-corrected chi connectivity index (χ4v) is 1.62. The van der Waals surface area contributed by atoms with Crippen molar-refractivity contribution in [3.8, 4) is 0 Å². The highest BCUT2D eigenvalue weighted by molar-refractivity contribution is 5.83. The number of nitrogens with two attached hydrogens (primary N) is 1. The summed E-state index contributed by atoms with van der Waals surface area (Å²) in [6, 6.07) is 7.83. The van der Waals surface area contributed by atoms with Crippen LogP contribution in [-0.2, 0) is 0 Å². The summed E-state index contributed by atoms with van der Waals surface area (Å²) >= 11 is 0. The largest absolute Gasteiger partial charge is 0.396 e. The van der Waals surface area contributed by atoms with Crippen LogP contribution >= 0.6 is 0 Å². The van der Waals surface area contributed by atoms with E-state index in [9.17, 15) is 5.11 Å². The number of hydrogen-bond donors (Lipinski definition) is 2. The molecule has 3 N–H and O–H groups in total. The normalized spacial score (nSPS) is 12.9. The van der Waals surface area contributed by atoms with E-state index >= 15 is 0 Å².